The van der Waals surface area contributed by atoms with Crippen molar-refractivity contribution in [3.8, 4) is 0 Å². The Morgan fingerprint density at radius 1 is 1.10 bits per heavy atom. The van der Waals surface area contributed by atoms with Crippen LogP contribution >= 0.6 is 0 Å². The Morgan fingerprint density at radius 2 is 1.84 bits per heavy atom. The molecule has 4 heterocycles. The number of aromatic amines is 1. The number of rotatable bonds is 5. The summed E-state index contributed by atoms with van der Waals surface area (Å²) in [6, 6.07) is 3.99. The van der Waals surface area contributed by atoms with Crippen LogP contribution in [0.1, 0.15) is 40.5 Å². The Bertz CT molecular complexity index is 1160. The van der Waals surface area contributed by atoms with Gasteiger partial charge in [-0.05, 0) is 36.5 Å². The lowest BCUT2D eigenvalue weighted by Crippen LogP contribution is -2.46. The zero-order valence-corrected chi connectivity index (χ0v) is 17.5. The highest BCUT2D eigenvalue weighted by atomic mass is 16.2. The van der Waals surface area contributed by atoms with Crippen molar-refractivity contribution < 1.29 is 4.79 Å². The van der Waals surface area contributed by atoms with Gasteiger partial charge in [-0.2, -0.15) is 0 Å². The maximum atomic E-state index is 12.3. The predicted molar refractivity (Wildman–Crippen MR) is 117 cm³/mol. The van der Waals surface area contributed by atoms with E-state index in [9.17, 15) is 9.59 Å². The molecule has 3 aromatic heterocycles. The van der Waals surface area contributed by atoms with Crippen LogP contribution in [0.3, 0.4) is 0 Å². The van der Waals surface area contributed by atoms with Crippen LogP contribution in [-0.4, -0.2) is 64.0 Å². The van der Waals surface area contributed by atoms with E-state index in [1.807, 2.05) is 18.3 Å². The van der Waals surface area contributed by atoms with Gasteiger partial charge in [0, 0.05) is 51.5 Å². The molecule has 9 nitrogen and oxygen atoms in total. The lowest BCUT2D eigenvalue weighted by atomic mass is 10.1. The third-order valence-electron chi connectivity index (χ3n) is 6.01. The number of pyridine rings is 2. The molecular weight excluding hydrogens is 394 g/mol. The summed E-state index contributed by atoms with van der Waals surface area (Å²) in [5, 5.41) is 2.52. The van der Waals surface area contributed by atoms with Gasteiger partial charge in [-0.25, -0.2) is 9.97 Å². The number of anilines is 1. The molecule has 1 amide bonds. The first-order chi connectivity index (χ1) is 15.1. The molecule has 0 unspecified atom stereocenters. The second-order valence-corrected chi connectivity index (χ2v) is 8.21. The second kappa shape index (κ2) is 8.07. The first-order valence-corrected chi connectivity index (χ1v) is 10.6. The number of amides is 1. The highest BCUT2D eigenvalue weighted by Crippen LogP contribution is 2.38. The largest absolute Gasteiger partial charge is 0.366 e. The average Bonchev–Trinajstić information content (AvgIpc) is 3.64. The summed E-state index contributed by atoms with van der Waals surface area (Å²) in [6.07, 6.45) is 7.51. The Hall–Kier alpha value is -3.33. The topological polar surface area (TPSA) is 107 Å². The fourth-order valence-electron chi connectivity index (χ4n) is 4.06. The summed E-state index contributed by atoms with van der Waals surface area (Å²) in [6.45, 7) is 4.28. The predicted octanol–water partition coefficient (Wildman–Crippen LogP) is 1.27. The SMILES string of the molecule is CNC(=O)c1ncc(N2CCN(Cc3cnc4cc(C5CC5)c(=O)[nH]c4c3)CC2)cn1. The van der Waals surface area contributed by atoms with Crippen molar-refractivity contribution >= 4 is 22.6 Å². The Labute approximate surface area is 179 Å². The molecular formula is C22H25N7O2. The summed E-state index contributed by atoms with van der Waals surface area (Å²) in [5.41, 5.74) is 4.57. The Kier molecular flexibility index (Phi) is 5.11. The lowest BCUT2D eigenvalue weighted by Gasteiger charge is -2.35. The number of hydrogen-bond acceptors (Lipinski definition) is 7. The molecule has 31 heavy (non-hydrogen) atoms. The average molecular weight is 419 g/mol. The molecule has 1 saturated heterocycles. The van der Waals surface area contributed by atoms with E-state index >= 15 is 0 Å². The van der Waals surface area contributed by atoms with Crippen LogP contribution in [0.15, 0.2) is 35.5 Å². The highest BCUT2D eigenvalue weighted by molar-refractivity contribution is 5.90. The maximum absolute atomic E-state index is 12.3. The molecule has 3 aromatic rings. The third-order valence-corrected chi connectivity index (χ3v) is 6.01. The minimum Gasteiger partial charge on any atom is -0.366 e. The van der Waals surface area contributed by atoms with E-state index in [0.29, 0.717) is 5.92 Å². The second-order valence-electron chi connectivity index (χ2n) is 8.21. The first-order valence-electron chi connectivity index (χ1n) is 10.6. The molecule has 0 atom stereocenters. The number of aromatic nitrogens is 4. The third kappa shape index (κ3) is 4.13. The van der Waals surface area contributed by atoms with Crippen LogP contribution in [0.4, 0.5) is 5.69 Å². The summed E-state index contributed by atoms with van der Waals surface area (Å²) < 4.78 is 0. The summed E-state index contributed by atoms with van der Waals surface area (Å²) in [5.74, 6) is 0.304. The van der Waals surface area contributed by atoms with Gasteiger partial charge < -0.3 is 15.2 Å². The molecule has 2 N–H and O–H groups in total. The molecule has 1 aliphatic heterocycles. The van der Waals surface area contributed by atoms with Crippen molar-refractivity contribution in [1.82, 2.24) is 30.2 Å². The fraction of sp³-hybridized carbons (Fsp3) is 0.409. The van der Waals surface area contributed by atoms with Gasteiger partial charge in [0.25, 0.3) is 11.5 Å². The molecule has 2 fully saturated rings. The van der Waals surface area contributed by atoms with E-state index in [-0.39, 0.29) is 17.3 Å². The van der Waals surface area contributed by atoms with Crippen LogP contribution in [0.25, 0.3) is 11.0 Å². The number of piperazine rings is 1. The molecule has 9 heteroatoms. The van der Waals surface area contributed by atoms with Crippen LogP contribution in [0, 0.1) is 0 Å². The van der Waals surface area contributed by atoms with E-state index in [0.717, 1.165) is 73.4 Å². The number of nitrogens with zero attached hydrogens (tertiary/aromatic N) is 5. The summed E-state index contributed by atoms with van der Waals surface area (Å²) in [4.78, 5) is 44.4. The minimum absolute atomic E-state index is 0.0206. The Balaban J connectivity index is 1.22. The van der Waals surface area contributed by atoms with Crippen molar-refractivity contribution in [1.29, 1.82) is 0 Å². The number of carbonyl (C=O) groups excluding carboxylic acids is 1. The van der Waals surface area contributed by atoms with E-state index in [1.165, 1.54) is 0 Å². The van der Waals surface area contributed by atoms with Gasteiger partial charge in [0.05, 0.1) is 29.1 Å². The van der Waals surface area contributed by atoms with Gasteiger partial charge in [0.1, 0.15) is 0 Å². The molecule has 0 spiro atoms. The van der Waals surface area contributed by atoms with Crippen LogP contribution in [-0.2, 0) is 6.54 Å². The van der Waals surface area contributed by atoms with Crippen LogP contribution < -0.4 is 15.8 Å². The van der Waals surface area contributed by atoms with Crippen molar-refractivity contribution in [2.45, 2.75) is 25.3 Å². The number of fused-ring (bicyclic) bond motifs is 1. The van der Waals surface area contributed by atoms with Crippen LogP contribution in [0.5, 0.6) is 0 Å². The van der Waals surface area contributed by atoms with Gasteiger partial charge in [-0.1, -0.05) is 0 Å². The number of hydrogen-bond donors (Lipinski definition) is 2. The molecule has 5 rings (SSSR count). The maximum Gasteiger partial charge on any atom is 0.288 e. The van der Waals surface area contributed by atoms with Gasteiger partial charge >= 0.3 is 0 Å². The van der Waals surface area contributed by atoms with Crippen molar-refractivity contribution in [3.63, 3.8) is 0 Å². The van der Waals surface area contributed by atoms with E-state index in [1.54, 1.807) is 19.4 Å². The molecule has 0 aromatic carbocycles. The first kappa shape index (κ1) is 19.6. The zero-order valence-electron chi connectivity index (χ0n) is 17.5. The number of nitrogens with one attached hydrogen (secondary N) is 2. The highest BCUT2D eigenvalue weighted by Gasteiger charge is 2.26. The van der Waals surface area contributed by atoms with E-state index < -0.39 is 0 Å². The molecule has 1 aliphatic carbocycles. The molecule has 0 radical (unpaired) electrons. The smallest absolute Gasteiger partial charge is 0.288 e. The number of H-pyrrole nitrogens is 1. The molecule has 1 saturated carbocycles. The van der Waals surface area contributed by atoms with Crippen LogP contribution in [0.2, 0.25) is 0 Å². The monoisotopic (exact) mass is 419 g/mol. The standard InChI is InChI=1S/C22H25N7O2/c1-23-22(31)20-25-11-16(12-26-20)29-6-4-28(5-7-29)13-14-8-19-18(24-10-14)9-17(15-2-3-15)21(30)27-19/h8-12,15H,2-7,13H2,1H3,(H,23,31)(H,27,30). The zero-order chi connectivity index (χ0) is 21.4. The van der Waals surface area contributed by atoms with Gasteiger partial charge in [-0.3, -0.25) is 19.5 Å². The van der Waals surface area contributed by atoms with Gasteiger partial charge in [0.2, 0.25) is 5.82 Å². The number of carbonyl (C=O) groups is 1. The summed E-state index contributed by atoms with van der Waals surface area (Å²) in [7, 11) is 1.56. The van der Waals surface area contributed by atoms with Gasteiger partial charge in [-0.15, -0.1) is 0 Å². The van der Waals surface area contributed by atoms with E-state index in [4.69, 9.17) is 0 Å². The quantitative estimate of drug-likeness (QED) is 0.641. The minimum atomic E-state index is -0.287. The van der Waals surface area contributed by atoms with Crippen molar-refractivity contribution in [2.75, 3.05) is 38.1 Å². The van der Waals surface area contributed by atoms with Gasteiger partial charge in [0.15, 0.2) is 0 Å². The normalized spacial score (nSPS) is 17.1. The van der Waals surface area contributed by atoms with Crippen molar-refractivity contribution in [3.05, 3.63) is 58.0 Å². The fourth-order valence-corrected chi connectivity index (χ4v) is 4.06. The van der Waals surface area contributed by atoms with E-state index in [2.05, 4.69) is 35.1 Å². The molecule has 2 aliphatic rings. The summed E-state index contributed by atoms with van der Waals surface area (Å²) >= 11 is 0. The lowest BCUT2D eigenvalue weighted by molar-refractivity contribution is 0.0952. The molecule has 0 bridgehead atoms. The van der Waals surface area contributed by atoms with Crippen molar-refractivity contribution in [2.24, 2.45) is 0 Å². The molecule has 160 valence electrons. The Morgan fingerprint density at radius 3 is 2.52 bits per heavy atom.